The number of carbonyl (C=O) groups is 1. The van der Waals surface area contributed by atoms with Gasteiger partial charge in [-0.25, -0.2) is 4.98 Å². The lowest BCUT2D eigenvalue weighted by Gasteiger charge is -2.48. The van der Waals surface area contributed by atoms with E-state index in [0.717, 1.165) is 45.7 Å². The minimum Gasteiger partial charge on any atom is -0.481 e. The maximum Gasteiger partial charge on any atom is 0.255 e. The van der Waals surface area contributed by atoms with Crippen molar-refractivity contribution in [3.05, 3.63) is 23.9 Å². The quantitative estimate of drug-likeness (QED) is 0.821. The summed E-state index contributed by atoms with van der Waals surface area (Å²) in [4.78, 5) is 21.0. The first-order valence-corrected chi connectivity index (χ1v) is 8.35. The number of likely N-dealkylation sites (N-methyl/N-ethyl adjacent to an activating group) is 1. The molecule has 0 spiro atoms. The van der Waals surface area contributed by atoms with Crippen LogP contribution in [0, 0.1) is 0 Å². The molecule has 1 amide bonds. The van der Waals surface area contributed by atoms with Crippen LogP contribution in [0.3, 0.4) is 0 Å². The number of hydrogen-bond acceptors (Lipinski definition) is 5. The molecule has 0 radical (unpaired) electrons. The largest absolute Gasteiger partial charge is 0.481 e. The number of ether oxygens (including phenoxy) is 2. The third-order valence-electron chi connectivity index (χ3n) is 4.84. The SMILES string of the molecule is CCN(C1CCOCC1)C1CN(C(=O)c2ccc(OC)nc2)C1. The molecule has 0 aliphatic carbocycles. The molecule has 2 aliphatic rings. The zero-order chi connectivity index (χ0) is 16.2. The van der Waals surface area contributed by atoms with Crippen LogP contribution >= 0.6 is 0 Å². The minimum atomic E-state index is 0.0550. The van der Waals surface area contributed by atoms with Gasteiger partial charge in [0.25, 0.3) is 5.91 Å². The average molecular weight is 319 g/mol. The summed E-state index contributed by atoms with van der Waals surface area (Å²) in [5, 5.41) is 0. The van der Waals surface area contributed by atoms with E-state index >= 15 is 0 Å². The molecule has 0 unspecified atom stereocenters. The molecule has 1 aromatic rings. The molecule has 2 fully saturated rings. The van der Waals surface area contributed by atoms with Crippen LogP contribution in [0.25, 0.3) is 0 Å². The Morgan fingerprint density at radius 1 is 1.35 bits per heavy atom. The lowest BCUT2D eigenvalue weighted by molar-refractivity contribution is -0.0222. The Morgan fingerprint density at radius 3 is 2.65 bits per heavy atom. The fourth-order valence-corrected chi connectivity index (χ4v) is 3.47. The second-order valence-corrected chi connectivity index (χ2v) is 6.13. The van der Waals surface area contributed by atoms with E-state index in [1.807, 2.05) is 4.90 Å². The monoisotopic (exact) mass is 319 g/mol. The summed E-state index contributed by atoms with van der Waals surface area (Å²) >= 11 is 0. The van der Waals surface area contributed by atoms with Gasteiger partial charge in [0.2, 0.25) is 5.88 Å². The maximum atomic E-state index is 12.5. The van der Waals surface area contributed by atoms with E-state index < -0.39 is 0 Å². The van der Waals surface area contributed by atoms with Gasteiger partial charge >= 0.3 is 0 Å². The van der Waals surface area contributed by atoms with Gasteiger partial charge in [-0.05, 0) is 25.5 Å². The van der Waals surface area contributed by atoms with Gasteiger partial charge in [0, 0.05) is 50.7 Å². The van der Waals surface area contributed by atoms with Crippen molar-refractivity contribution < 1.29 is 14.3 Å². The highest BCUT2D eigenvalue weighted by Gasteiger charge is 2.37. The molecule has 1 aromatic heterocycles. The number of hydrogen-bond donors (Lipinski definition) is 0. The highest BCUT2D eigenvalue weighted by Crippen LogP contribution is 2.24. The third-order valence-corrected chi connectivity index (χ3v) is 4.84. The van der Waals surface area contributed by atoms with Crippen LogP contribution < -0.4 is 4.74 Å². The zero-order valence-electron chi connectivity index (χ0n) is 13.9. The van der Waals surface area contributed by atoms with Crippen LogP contribution in [-0.2, 0) is 4.74 Å². The molecule has 6 nitrogen and oxygen atoms in total. The van der Waals surface area contributed by atoms with Crippen molar-refractivity contribution in [1.29, 1.82) is 0 Å². The van der Waals surface area contributed by atoms with Crippen molar-refractivity contribution in [2.45, 2.75) is 31.8 Å². The Balaban J connectivity index is 1.55. The van der Waals surface area contributed by atoms with Gasteiger partial charge in [0.1, 0.15) is 0 Å². The highest BCUT2D eigenvalue weighted by molar-refractivity contribution is 5.94. The molecular formula is C17H25N3O3. The van der Waals surface area contributed by atoms with Gasteiger partial charge in [-0.3, -0.25) is 9.69 Å². The number of carbonyl (C=O) groups excluding carboxylic acids is 1. The highest BCUT2D eigenvalue weighted by atomic mass is 16.5. The summed E-state index contributed by atoms with van der Waals surface area (Å²) in [5.41, 5.74) is 0.623. The topological polar surface area (TPSA) is 54.9 Å². The van der Waals surface area contributed by atoms with Gasteiger partial charge in [-0.1, -0.05) is 6.92 Å². The normalized spacial score (nSPS) is 19.7. The molecule has 2 aliphatic heterocycles. The summed E-state index contributed by atoms with van der Waals surface area (Å²) in [6, 6.07) is 4.57. The van der Waals surface area contributed by atoms with E-state index in [0.29, 0.717) is 23.5 Å². The van der Waals surface area contributed by atoms with Gasteiger partial charge in [-0.15, -0.1) is 0 Å². The Hall–Kier alpha value is -1.66. The first-order valence-electron chi connectivity index (χ1n) is 8.35. The number of nitrogens with zero attached hydrogens (tertiary/aromatic N) is 3. The molecule has 3 rings (SSSR count). The Morgan fingerprint density at radius 2 is 2.09 bits per heavy atom. The first-order chi connectivity index (χ1) is 11.2. The van der Waals surface area contributed by atoms with Crippen LogP contribution in [0.15, 0.2) is 18.3 Å². The molecule has 0 N–H and O–H groups in total. The van der Waals surface area contributed by atoms with Crippen molar-refractivity contribution >= 4 is 5.91 Å². The van der Waals surface area contributed by atoms with Crippen LogP contribution in [0.2, 0.25) is 0 Å². The number of rotatable bonds is 5. The van der Waals surface area contributed by atoms with Gasteiger partial charge in [0.15, 0.2) is 0 Å². The molecule has 23 heavy (non-hydrogen) atoms. The van der Waals surface area contributed by atoms with Gasteiger partial charge < -0.3 is 14.4 Å². The first kappa shape index (κ1) is 16.2. The second kappa shape index (κ2) is 7.27. The Kier molecular flexibility index (Phi) is 5.13. The number of methoxy groups -OCH3 is 1. The predicted octanol–water partition coefficient (Wildman–Crippen LogP) is 1.42. The molecular weight excluding hydrogens is 294 g/mol. The number of likely N-dealkylation sites (tertiary alicyclic amines) is 1. The fraction of sp³-hybridized carbons (Fsp3) is 0.647. The zero-order valence-corrected chi connectivity index (χ0v) is 13.9. The molecule has 0 saturated carbocycles. The van der Waals surface area contributed by atoms with Crippen molar-refractivity contribution in [3.63, 3.8) is 0 Å². The summed E-state index contributed by atoms with van der Waals surface area (Å²) < 4.78 is 10.5. The van der Waals surface area contributed by atoms with E-state index in [1.165, 1.54) is 0 Å². The lowest BCUT2D eigenvalue weighted by Crippen LogP contribution is -2.63. The van der Waals surface area contributed by atoms with E-state index in [2.05, 4.69) is 16.8 Å². The second-order valence-electron chi connectivity index (χ2n) is 6.13. The fourth-order valence-electron chi connectivity index (χ4n) is 3.47. The summed E-state index contributed by atoms with van der Waals surface area (Å²) in [6.45, 7) is 6.54. The van der Waals surface area contributed by atoms with Crippen molar-refractivity contribution in [1.82, 2.24) is 14.8 Å². The smallest absolute Gasteiger partial charge is 0.255 e. The minimum absolute atomic E-state index is 0.0550. The summed E-state index contributed by atoms with van der Waals surface area (Å²) in [5.74, 6) is 0.583. The van der Waals surface area contributed by atoms with Gasteiger partial charge in [-0.2, -0.15) is 0 Å². The molecule has 0 bridgehead atoms. The van der Waals surface area contributed by atoms with E-state index in [4.69, 9.17) is 9.47 Å². The predicted molar refractivity (Wildman–Crippen MR) is 86.7 cm³/mol. The van der Waals surface area contributed by atoms with Crippen LogP contribution in [0.4, 0.5) is 0 Å². The van der Waals surface area contributed by atoms with Crippen LogP contribution in [0.5, 0.6) is 5.88 Å². The van der Waals surface area contributed by atoms with Crippen LogP contribution in [0.1, 0.15) is 30.1 Å². The summed E-state index contributed by atoms with van der Waals surface area (Å²) in [6.07, 6.45) is 3.78. The molecule has 2 saturated heterocycles. The van der Waals surface area contributed by atoms with E-state index in [1.54, 1.807) is 25.4 Å². The van der Waals surface area contributed by atoms with Crippen LogP contribution in [-0.4, -0.2) is 72.7 Å². The molecule has 0 atom stereocenters. The third kappa shape index (κ3) is 3.48. The standard InChI is InChI=1S/C17H25N3O3/c1-3-20(14-6-8-23-9-7-14)15-11-19(12-15)17(21)13-4-5-16(22-2)18-10-13/h4-5,10,14-15H,3,6-9,11-12H2,1-2H3. The van der Waals surface area contributed by atoms with Crippen molar-refractivity contribution in [2.75, 3.05) is 40.0 Å². The van der Waals surface area contributed by atoms with E-state index in [-0.39, 0.29) is 5.91 Å². The lowest BCUT2D eigenvalue weighted by atomic mass is 9.99. The van der Waals surface area contributed by atoms with Gasteiger partial charge in [0.05, 0.1) is 12.7 Å². The average Bonchev–Trinajstić information content (AvgIpc) is 2.58. The number of aromatic nitrogens is 1. The number of amides is 1. The van der Waals surface area contributed by atoms with Crippen molar-refractivity contribution in [2.24, 2.45) is 0 Å². The van der Waals surface area contributed by atoms with E-state index in [9.17, 15) is 4.79 Å². The Labute approximate surface area is 137 Å². The summed E-state index contributed by atoms with van der Waals surface area (Å²) in [7, 11) is 1.57. The molecule has 3 heterocycles. The molecule has 6 heteroatoms. The Bertz CT molecular complexity index is 522. The van der Waals surface area contributed by atoms with Crippen molar-refractivity contribution in [3.8, 4) is 5.88 Å². The maximum absolute atomic E-state index is 12.5. The molecule has 0 aromatic carbocycles. The molecule has 126 valence electrons. The number of pyridine rings is 1.